The molecule has 3 N–H and O–H groups in total. The Labute approximate surface area is 88.3 Å². The Kier molecular flexibility index (Phi) is 2.40. The number of phenolic OH excluding ortho intramolecular Hbond substituents is 2. The van der Waals surface area contributed by atoms with Crippen molar-refractivity contribution >= 4 is 0 Å². The maximum absolute atomic E-state index is 9.66. The van der Waals surface area contributed by atoms with Gasteiger partial charge in [-0.05, 0) is 37.5 Å². The van der Waals surface area contributed by atoms with Gasteiger partial charge in [0.05, 0.1) is 6.10 Å². The average Bonchev–Trinajstić information content (AvgIpc) is 2.23. The summed E-state index contributed by atoms with van der Waals surface area (Å²) in [5.41, 5.74) is 2.39. The molecule has 1 atom stereocenters. The molecule has 0 heterocycles. The molecule has 1 aliphatic rings. The Hall–Kier alpha value is -1.48. The van der Waals surface area contributed by atoms with Crippen molar-refractivity contribution in [3.8, 4) is 11.5 Å². The zero-order valence-corrected chi connectivity index (χ0v) is 8.57. The Morgan fingerprint density at radius 2 is 1.73 bits per heavy atom. The molecule has 0 amide bonds. The predicted octanol–water partition coefficient (Wildman–Crippen LogP) is 1.50. The first-order valence-electron chi connectivity index (χ1n) is 4.99. The molecule has 0 radical (unpaired) electrons. The summed E-state index contributed by atoms with van der Waals surface area (Å²) >= 11 is 0. The second-order valence-corrected chi connectivity index (χ2v) is 3.90. The molecule has 3 nitrogen and oxygen atoms in total. The zero-order chi connectivity index (χ0) is 11.0. The van der Waals surface area contributed by atoms with E-state index in [0.29, 0.717) is 12.8 Å². The first kappa shape index (κ1) is 10.1. The fraction of sp³-hybridized carbons (Fsp3) is 0.333. The number of allylic oxidation sites excluding steroid dienone is 1. The van der Waals surface area contributed by atoms with Crippen LogP contribution in [0.4, 0.5) is 0 Å². The maximum atomic E-state index is 9.66. The van der Waals surface area contributed by atoms with Crippen LogP contribution in [0, 0.1) is 0 Å². The summed E-state index contributed by atoms with van der Waals surface area (Å²) in [4.78, 5) is 0. The highest BCUT2D eigenvalue weighted by Gasteiger charge is 2.19. The minimum absolute atomic E-state index is 0.189. The molecule has 1 aromatic carbocycles. The fourth-order valence-corrected chi connectivity index (χ4v) is 1.92. The molecular formula is C12H14O3. The monoisotopic (exact) mass is 206 g/mol. The number of phenols is 2. The predicted molar refractivity (Wildman–Crippen MR) is 56.9 cm³/mol. The maximum Gasteiger partial charge on any atom is 0.119 e. The second-order valence-electron chi connectivity index (χ2n) is 3.90. The van der Waals surface area contributed by atoms with Crippen molar-refractivity contribution in [3.05, 3.63) is 34.9 Å². The summed E-state index contributed by atoms with van der Waals surface area (Å²) < 4.78 is 0. The van der Waals surface area contributed by atoms with Gasteiger partial charge in [-0.3, -0.25) is 0 Å². The van der Waals surface area contributed by atoms with E-state index < -0.39 is 6.10 Å². The highest BCUT2D eigenvalue weighted by molar-refractivity contribution is 5.52. The number of hydrogen-bond donors (Lipinski definition) is 3. The average molecular weight is 206 g/mol. The van der Waals surface area contributed by atoms with E-state index in [9.17, 15) is 15.3 Å². The number of rotatable bonds is 1. The van der Waals surface area contributed by atoms with E-state index in [-0.39, 0.29) is 11.5 Å². The first-order valence-corrected chi connectivity index (χ1v) is 4.99. The molecule has 1 unspecified atom stereocenters. The Morgan fingerprint density at radius 3 is 2.33 bits per heavy atom. The third-order valence-corrected chi connectivity index (χ3v) is 2.87. The van der Waals surface area contributed by atoms with Crippen LogP contribution in [-0.2, 0) is 12.8 Å². The van der Waals surface area contributed by atoms with E-state index in [1.165, 1.54) is 12.1 Å². The van der Waals surface area contributed by atoms with Crippen LogP contribution >= 0.6 is 0 Å². The molecule has 0 spiro atoms. The SMILES string of the molecule is CC(O)C1=CCc2c(O)ccc(O)c2C1. The van der Waals surface area contributed by atoms with E-state index in [1.807, 2.05) is 6.08 Å². The smallest absolute Gasteiger partial charge is 0.119 e. The number of benzene rings is 1. The Bertz CT molecular complexity index is 419. The molecule has 0 aromatic heterocycles. The second kappa shape index (κ2) is 3.59. The molecule has 15 heavy (non-hydrogen) atoms. The quantitative estimate of drug-likeness (QED) is 0.482. The van der Waals surface area contributed by atoms with Gasteiger partial charge in [0.25, 0.3) is 0 Å². The van der Waals surface area contributed by atoms with Crippen molar-refractivity contribution in [2.75, 3.05) is 0 Å². The minimum atomic E-state index is -0.500. The lowest BCUT2D eigenvalue weighted by molar-refractivity contribution is 0.227. The molecule has 80 valence electrons. The van der Waals surface area contributed by atoms with Gasteiger partial charge < -0.3 is 15.3 Å². The summed E-state index contributed by atoms with van der Waals surface area (Å²) in [7, 11) is 0. The van der Waals surface area contributed by atoms with Gasteiger partial charge >= 0.3 is 0 Å². The number of aliphatic hydroxyl groups is 1. The van der Waals surface area contributed by atoms with Crippen LogP contribution in [0.15, 0.2) is 23.8 Å². The van der Waals surface area contributed by atoms with Crippen molar-refractivity contribution in [3.63, 3.8) is 0 Å². The molecule has 0 fully saturated rings. The third kappa shape index (κ3) is 1.70. The van der Waals surface area contributed by atoms with Crippen LogP contribution in [0.3, 0.4) is 0 Å². The van der Waals surface area contributed by atoms with Gasteiger partial charge in [-0.1, -0.05) is 6.08 Å². The van der Waals surface area contributed by atoms with Crippen molar-refractivity contribution in [2.24, 2.45) is 0 Å². The highest BCUT2D eigenvalue weighted by atomic mass is 16.3. The number of hydrogen-bond acceptors (Lipinski definition) is 3. The topological polar surface area (TPSA) is 60.7 Å². The number of aromatic hydroxyl groups is 2. The van der Waals surface area contributed by atoms with E-state index in [2.05, 4.69) is 0 Å². The van der Waals surface area contributed by atoms with Crippen molar-refractivity contribution in [1.29, 1.82) is 0 Å². The fourth-order valence-electron chi connectivity index (χ4n) is 1.92. The van der Waals surface area contributed by atoms with Crippen LogP contribution in [0.5, 0.6) is 11.5 Å². The van der Waals surface area contributed by atoms with Gasteiger partial charge in [0.2, 0.25) is 0 Å². The zero-order valence-electron chi connectivity index (χ0n) is 8.57. The lowest BCUT2D eigenvalue weighted by Crippen LogP contribution is -2.13. The number of aliphatic hydroxyl groups excluding tert-OH is 1. The van der Waals surface area contributed by atoms with Gasteiger partial charge in [0, 0.05) is 11.1 Å². The molecular weight excluding hydrogens is 192 g/mol. The molecule has 0 aliphatic heterocycles. The van der Waals surface area contributed by atoms with Gasteiger partial charge in [-0.2, -0.15) is 0 Å². The van der Waals surface area contributed by atoms with Crippen LogP contribution in [0.25, 0.3) is 0 Å². The molecule has 3 heteroatoms. The van der Waals surface area contributed by atoms with Crippen molar-refractivity contribution in [1.82, 2.24) is 0 Å². The molecule has 2 rings (SSSR count). The lowest BCUT2D eigenvalue weighted by atomic mass is 9.88. The normalized spacial score (nSPS) is 16.8. The Morgan fingerprint density at radius 1 is 1.13 bits per heavy atom. The number of fused-ring (bicyclic) bond motifs is 1. The van der Waals surface area contributed by atoms with Gasteiger partial charge in [0.1, 0.15) is 11.5 Å². The van der Waals surface area contributed by atoms with Crippen molar-refractivity contribution in [2.45, 2.75) is 25.9 Å². The highest BCUT2D eigenvalue weighted by Crippen LogP contribution is 2.35. The minimum Gasteiger partial charge on any atom is -0.508 e. The summed E-state index contributed by atoms with van der Waals surface area (Å²) in [6.07, 6.45) is 2.48. The van der Waals surface area contributed by atoms with E-state index in [0.717, 1.165) is 16.7 Å². The summed E-state index contributed by atoms with van der Waals surface area (Å²) in [6, 6.07) is 2.98. The summed E-state index contributed by atoms with van der Waals surface area (Å²) in [6.45, 7) is 1.71. The van der Waals surface area contributed by atoms with Crippen LogP contribution in [0.2, 0.25) is 0 Å². The van der Waals surface area contributed by atoms with Crippen LogP contribution < -0.4 is 0 Å². The van der Waals surface area contributed by atoms with Gasteiger partial charge in [-0.15, -0.1) is 0 Å². The largest absolute Gasteiger partial charge is 0.508 e. The summed E-state index contributed by atoms with van der Waals surface area (Å²) in [5, 5.41) is 28.7. The molecule has 1 aromatic rings. The van der Waals surface area contributed by atoms with E-state index in [4.69, 9.17) is 0 Å². The molecule has 1 aliphatic carbocycles. The van der Waals surface area contributed by atoms with E-state index >= 15 is 0 Å². The standard InChI is InChI=1S/C12H14O3/c1-7(13)8-2-3-9-10(6-8)12(15)5-4-11(9)14/h2,4-5,7,13-15H,3,6H2,1H3. The van der Waals surface area contributed by atoms with Crippen molar-refractivity contribution < 1.29 is 15.3 Å². The van der Waals surface area contributed by atoms with E-state index in [1.54, 1.807) is 6.92 Å². The lowest BCUT2D eigenvalue weighted by Gasteiger charge is -2.20. The molecule has 0 saturated heterocycles. The van der Waals surface area contributed by atoms with Crippen LogP contribution in [0.1, 0.15) is 18.1 Å². The molecule has 0 saturated carbocycles. The third-order valence-electron chi connectivity index (χ3n) is 2.87. The van der Waals surface area contributed by atoms with Crippen LogP contribution in [-0.4, -0.2) is 21.4 Å². The Balaban J connectivity index is 2.43. The van der Waals surface area contributed by atoms with Gasteiger partial charge in [-0.25, -0.2) is 0 Å². The molecule has 0 bridgehead atoms. The summed E-state index contributed by atoms with van der Waals surface area (Å²) in [5.74, 6) is 0.401. The van der Waals surface area contributed by atoms with Gasteiger partial charge in [0.15, 0.2) is 0 Å². The first-order chi connectivity index (χ1) is 7.09.